The van der Waals surface area contributed by atoms with E-state index in [1.54, 1.807) is 0 Å². The van der Waals surface area contributed by atoms with Crippen molar-refractivity contribution in [1.82, 2.24) is 9.55 Å². The summed E-state index contributed by atoms with van der Waals surface area (Å²) in [4.78, 5) is 31.1. The van der Waals surface area contributed by atoms with Gasteiger partial charge < -0.3 is 4.74 Å². The van der Waals surface area contributed by atoms with Gasteiger partial charge in [-0.1, -0.05) is 43.2 Å². The number of carbonyl (C=O) groups excluding carboxylic acids is 1. The highest BCUT2D eigenvalue weighted by Gasteiger charge is 2.18. The number of aromatic nitrogens is 2. The van der Waals surface area contributed by atoms with E-state index in [2.05, 4.69) is 4.98 Å². The lowest BCUT2D eigenvalue weighted by atomic mass is 10.0. The molecule has 0 atom stereocenters. The number of aryl methyl sites for hydroxylation is 2. The van der Waals surface area contributed by atoms with Crippen molar-refractivity contribution in [2.75, 3.05) is 6.61 Å². The van der Waals surface area contributed by atoms with Crippen molar-refractivity contribution in [3.05, 3.63) is 51.4 Å². The summed E-state index contributed by atoms with van der Waals surface area (Å²) in [6.07, 6.45) is 3.20. The zero-order valence-electron chi connectivity index (χ0n) is 15.2. The van der Waals surface area contributed by atoms with Gasteiger partial charge in [-0.25, -0.2) is 4.98 Å². The molecule has 1 aromatic carbocycles. The molecule has 0 amide bonds. The number of ether oxygens (including phenoxy) is 1. The fourth-order valence-corrected chi connectivity index (χ4v) is 3.84. The van der Waals surface area contributed by atoms with Gasteiger partial charge in [-0.05, 0) is 25.8 Å². The average molecular weight is 370 g/mol. The first kappa shape index (κ1) is 18.3. The number of esters is 1. The van der Waals surface area contributed by atoms with Crippen LogP contribution in [0.2, 0.25) is 0 Å². The third-order valence-electron chi connectivity index (χ3n) is 4.26. The van der Waals surface area contributed by atoms with Crippen LogP contribution >= 0.6 is 11.3 Å². The number of unbranched alkanes of at least 4 members (excludes halogenated alkanes) is 1. The minimum Gasteiger partial charge on any atom is -0.464 e. The minimum absolute atomic E-state index is 0.117. The molecular weight excluding hydrogens is 348 g/mol. The summed E-state index contributed by atoms with van der Waals surface area (Å²) in [5, 5.41) is 0.570. The predicted molar refractivity (Wildman–Crippen MR) is 105 cm³/mol. The molecule has 3 aromatic rings. The molecule has 3 rings (SSSR count). The minimum atomic E-state index is -0.412. The van der Waals surface area contributed by atoms with Crippen molar-refractivity contribution < 1.29 is 9.53 Å². The molecule has 0 saturated heterocycles. The van der Waals surface area contributed by atoms with E-state index in [0.717, 1.165) is 34.4 Å². The summed E-state index contributed by atoms with van der Waals surface area (Å²) in [5.74, 6) is -0.412. The van der Waals surface area contributed by atoms with Gasteiger partial charge in [0.15, 0.2) is 0 Å². The van der Waals surface area contributed by atoms with Gasteiger partial charge in [-0.3, -0.25) is 14.2 Å². The van der Waals surface area contributed by atoms with Crippen LogP contribution in [0.5, 0.6) is 0 Å². The number of hydrogen-bond acceptors (Lipinski definition) is 5. The van der Waals surface area contributed by atoms with Gasteiger partial charge in [0.2, 0.25) is 0 Å². The van der Waals surface area contributed by atoms with E-state index in [-0.39, 0.29) is 12.1 Å². The number of nitrogens with zero attached hydrogens (tertiary/aromatic N) is 2. The lowest BCUT2D eigenvalue weighted by Gasteiger charge is -2.07. The maximum atomic E-state index is 13.0. The normalized spacial score (nSPS) is 11.0. The topological polar surface area (TPSA) is 61.2 Å². The second-order valence-corrected chi connectivity index (χ2v) is 7.53. The lowest BCUT2D eigenvalue weighted by Crippen LogP contribution is -2.25. The molecule has 0 aliphatic heterocycles. The summed E-state index contributed by atoms with van der Waals surface area (Å²) in [7, 11) is 0. The highest BCUT2D eigenvalue weighted by atomic mass is 32.1. The van der Waals surface area contributed by atoms with E-state index >= 15 is 0 Å². The van der Waals surface area contributed by atoms with E-state index in [0.29, 0.717) is 16.8 Å². The molecule has 0 fully saturated rings. The smallest absolute Gasteiger partial charge is 0.326 e. The summed E-state index contributed by atoms with van der Waals surface area (Å²) in [6, 6.07) is 8.08. The molecule has 6 heteroatoms. The van der Waals surface area contributed by atoms with E-state index in [1.807, 2.05) is 45.0 Å². The van der Waals surface area contributed by atoms with Crippen LogP contribution in [0.25, 0.3) is 21.3 Å². The Balaban J connectivity index is 2.00. The van der Waals surface area contributed by atoms with Gasteiger partial charge in [0.1, 0.15) is 11.4 Å². The predicted octanol–water partition coefficient (Wildman–Crippen LogP) is 4.09. The zero-order chi connectivity index (χ0) is 18.7. The number of hydrogen-bond donors (Lipinski definition) is 0. The molecule has 0 bridgehead atoms. The van der Waals surface area contributed by atoms with Gasteiger partial charge in [0, 0.05) is 10.4 Å². The second kappa shape index (κ2) is 7.83. The first-order chi connectivity index (χ1) is 12.5. The van der Waals surface area contributed by atoms with Crippen LogP contribution in [0.15, 0.2) is 35.4 Å². The Morgan fingerprint density at radius 3 is 2.65 bits per heavy atom. The molecule has 0 spiro atoms. The first-order valence-electron chi connectivity index (χ1n) is 8.72. The average Bonchev–Trinajstić information content (AvgIpc) is 2.95. The van der Waals surface area contributed by atoms with Crippen LogP contribution < -0.4 is 5.56 Å². The highest BCUT2D eigenvalue weighted by Crippen LogP contribution is 2.35. The maximum absolute atomic E-state index is 13.0. The van der Waals surface area contributed by atoms with Crippen molar-refractivity contribution in [2.45, 2.75) is 40.2 Å². The molecule has 0 unspecified atom stereocenters. The van der Waals surface area contributed by atoms with Gasteiger partial charge in [0.25, 0.3) is 5.56 Å². The van der Waals surface area contributed by atoms with Gasteiger partial charge in [-0.15, -0.1) is 11.3 Å². The van der Waals surface area contributed by atoms with Crippen molar-refractivity contribution in [1.29, 1.82) is 0 Å². The van der Waals surface area contributed by atoms with Gasteiger partial charge >= 0.3 is 5.97 Å². The highest BCUT2D eigenvalue weighted by molar-refractivity contribution is 7.19. The number of fused-ring (bicyclic) bond motifs is 1. The monoisotopic (exact) mass is 370 g/mol. The third kappa shape index (κ3) is 3.70. The van der Waals surface area contributed by atoms with E-state index in [9.17, 15) is 9.59 Å². The lowest BCUT2D eigenvalue weighted by molar-refractivity contribution is -0.144. The number of carbonyl (C=O) groups is 1. The van der Waals surface area contributed by atoms with Crippen molar-refractivity contribution in [3.63, 3.8) is 0 Å². The Morgan fingerprint density at radius 1 is 1.23 bits per heavy atom. The summed E-state index contributed by atoms with van der Waals surface area (Å²) in [6.45, 7) is 6.31. The van der Waals surface area contributed by atoms with Crippen molar-refractivity contribution in [2.24, 2.45) is 0 Å². The summed E-state index contributed by atoms with van der Waals surface area (Å²) < 4.78 is 6.50. The van der Waals surface area contributed by atoms with Gasteiger partial charge in [-0.2, -0.15) is 0 Å². The molecule has 2 heterocycles. The van der Waals surface area contributed by atoms with E-state index in [1.165, 1.54) is 22.2 Å². The van der Waals surface area contributed by atoms with Crippen molar-refractivity contribution >= 4 is 27.5 Å². The largest absolute Gasteiger partial charge is 0.464 e. The number of thiophene rings is 1. The quantitative estimate of drug-likeness (QED) is 0.484. The Hall–Kier alpha value is -2.47. The van der Waals surface area contributed by atoms with Crippen LogP contribution in [0.4, 0.5) is 0 Å². The SMILES string of the molecule is CCCCOC(=O)Cn1cnc2sc(C)c(-c3ccc(C)cc3)c2c1=O. The fraction of sp³-hybridized carbons (Fsp3) is 0.350. The Labute approximate surface area is 156 Å². The van der Waals surface area contributed by atoms with Crippen LogP contribution in [-0.4, -0.2) is 22.1 Å². The molecular formula is C20H22N2O3S. The Morgan fingerprint density at radius 2 is 1.96 bits per heavy atom. The summed E-state index contributed by atoms with van der Waals surface area (Å²) >= 11 is 1.50. The first-order valence-corrected chi connectivity index (χ1v) is 9.54. The number of benzene rings is 1. The molecule has 0 N–H and O–H groups in total. The molecule has 0 aliphatic carbocycles. The number of rotatable bonds is 6. The van der Waals surface area contributed by atoms with Crippen LogP contribution in [0.3, 0.4) is 0 Å². The Kier molecular flexibility index (Phi) is 5.52. The van der Waals surface area contributed by atoms with Crippen LogP contribution in [-0.2, 0) is 16.1 Å². The fourth-order valence-electron chi connectivity index (χ4n) is 2.83. The molecule has 5 nitrogen and oxygen atoms in total. The second-order valence-electron chi connectivity index (χ2n) is 6.33. The molecule has 26 heavy (non-hydrogen) atoms. The molecule has 0 radical (unpaired) electrons. The van der Waals surface area contributed by atoms with Crippen LogP contribution in [0, 0.1) is 13.8 Å². The molecule has 0 saturated carbocycles. The van der Waals surface area contributed by atoms with Crippen molar-refractivity contribution in [3.8, 4) is 11.1 Å². The Bertz CT molecular complexity index is 987. The molecule has 0 aliphatic rings. The van der Waals surface area contributed by atoms with E-state index < -0.39 is 5.97 Å². The van der Waals surface area contributed by atoms with Gasteiger partial charge in [0.05, 0.1) is 18.3 Å². The maximum Gasteiger partial charge on any atom is 0.326 e. The molecule has 136 valence electrons. The molecule has 2 aromatic heterocycles. The standard InChI is InChI=1S/C20H22N2O3S/c1-4-5-10-25-16(23)11-22-12-21-19-18(20(22)24)17(14(3)26-19)15-8-6-13(2)7-9-15/h6-9,12H,4-5,10-11H2,1-3H3. The van der Waals surface area contributed by atoms with Crippen LogP contribution in [0.1, 0.15) is 30.2 Å². The summed E-state index contributed by atoms with van der Waals surface area (Å²) in [5.41, 5.74) is 2.84. The third-order valence-corrected chi connectivity index (χ3v) is 5.27. The van der Waals surface area contributed by atoms with E-state index in [4.69, 9.17) is 4.74 Å². The zero-order valence-corrected chi connectivity index (χ0v) is 16.1.